The van der Waals surface area contributed by atoms with Crippen molar-refractivity contribution >= 4 is 28.9 Å². The molecule has 0 saturated heterocycles. The van der Waals surface area contributed by atoms with Crippen LogP contribution in [0.4, 0.5) is 5.69 Å². The SMILES string of the molecule is CN(C)Cc1ccc(C(=O)NC(=S)Nc2cccc(Oc3ccccc3)c2)cn1. The maximum Gasteiger partial charge on any atom is 0.258 e. The molecular formula is C22H22N4O2S. The summed E-state index contributed by atoms with van der Waals surface area (Å²) < 4.78 is 5.81. The molecule has 2 aromatic carbocycles. The Labute approximate surface area is 175 Å². The zero-order chi connectivity index (χ0) is 20.6. The fraction of sp³-hybridized carbons (Fsp3) is 0.136. The minimum absolute atomic E-state index is 0.198. The molecule has 2 N–H and O–H groups in total. The maximum absolute atomic E-state index is 12.4. The van der Waals surface area contributed by atoms with Crippen molar-refractivity contribution < 1.29 is 9.53 Å². The van der Waals surface area contributed by atoms with Gasteiger partial charge in [0, 0.05) is 24.5 Å². The molecule has 1 amide bonds. The third kappa shape index (κ3) is 6.38. The average Bonchev–Trinajstić information content (AvgIpc) is 2.69. The zero-order valence-corrected chi connectivity index (χ0v) is 17.1. The quantitative estimate of drug-likeness (QED) is 0.602. The molecule has 1 aromatic heterocycles. The van der Waals surface area contributed by atoms with E-state index in [0.29, 0.717) is 23.5 Å². The van der Waals surface area contributed by atoms with E-state index in [1.54, 1.807) is 12.3 Å². The maximum atomic E-state index is 12.4. The summed E-state index contributed by atoms with van der Waals surface area (Å²) in [6.45, 7) is 0.712. The summed E-state index contributed by atoms with van der Waals surface area (Å²) in [7, 11) is 3.93. The molecule has 0 atom stereocenters. The lowest BCUT2D eigenvalue weighted by Crippen LogP contribution is -2.34. The van der Waals surface area contributed by atoms with Crippen molar-refractivity contribution in [2.24, 2.45) is 0 Å². The highest BCUT2D eigenvalue weighted by atomic mass is 32.1. The van der Waals surface area contributed by atoms with Crippen LogP contribution in [0.2, 0.25) is 0 Å². The molecule has 1 heterocycles. The van der Waals surface area contributed by atoms with Gasteiger partial charge in [0.1, 0.15) is 11.5 Å². The predicted molar refractivity (Wildman–Crippen MR) is 118 cm³/mol. The van der Waals surface area contributed by atoms with Gasteiger partial charge in [-0.15, -0.1) is 0 Å². The van der Waals surface area contributed by atoms with Crippen molar-refractivity contribution in [1.82, 2.24) is 15.2 Å². The van der Waals surface area contributed by atoms with E-state index in [1.165, 1.54) is 0 Å². The van der Waals surface area contributed by atoms with E-state index in [0.717, 1.165) is 11.4 Å². The minimum atomic E-state index is -0.317. The van der Waals surface area contributed by atoms with Crippen LogP contribution in [-0.4, -0.2) is 35.0 Å². The van der Waals surface area contributed by atoms with E-state index < -0.39 is 0 Å². The van der Waals surface area contributed by atoms with Crippen LogP contribution >= 0.6 is 12.2 Å². The summed E-state index contributed by atoms with van der Waals surface area (Å²) in [6, 6.07) is 20.4. The summed E-state index contributed by atoms with van der Waals surface area (Å²) in [5, 5.41) is 5.86. The number of hydrogen-bond acceptors (Lipinski definition) is 5. The van der Waals surface area contributed by atoms with Crippen LogP contribution in [0.1, 0.15) is 16.1 Å². The van der Waals surface area contributed by atoms with Gasteiger partial charge in [0.2, 0.25) is 0 Å². The van der Waals surface area contributed by atoms with E-state index in [2.05, 4.69) is 15.6 Å². The van der Waals surface area contributed by atoms with Gasteiger partial charge in [-0.1, -0.05) is 24.3 Å². The lowest BCUT2D eigenvalue weighted by Gasteiger charge is -2.12. The monoisotopic (exact) mass is 406 g/mol. The van der Waals surface area contributed by atoms with Crippen molar-refractivity contribution in [2.45, 2.75) is 6.54 Å². The van der Waals surface area contributed by atoms with Crippen molar-refractivity contribution in [3.63, 3.8) is 0 Å². The van der Waals surface area contributed by atoms with Crippen molar-refractivity contribution in [3.8, 4) is 11.5 Å². The van der Waals surface area contributed by atoms with Crippen molar-refractivity contribution in [2.75, 3.05) is 19.4 Å². The van der Waals surface area contributed by atoms with Gasteiger partial charge in [-0.25, -0.2) is 0 Å². The number of hydrogen-bond donors (Lipinski definition) is 2. The summed E-state index contributed by atoms with van der Waals surface area (Å²) in [4.78, 5) is 18.7. The average molecular weight is 407 g/mol. The van der Waals surface area contributed by atoms with Crippen LogP contribution in [0, 0.1) is 0 Å². The minimum Gasteiger partial charge on any atom is -0.457 e. The highest BCUT2D eigenvalue weighted by molar-refractivity contribution is 7.80. The Morgan fingerprint density at radius 2 is 1.79 bits per heavy atom. The molecule has 0 bridgehead atoms. The fourth-order valence-electron chi connectivity index (χ4n) is 2.58. The molecule has 3 rings (SSSR count). The number of benzene rings is 2. The number of nitrogens with zero attached hydrogens (tertiary/aromatic N) is 2. The standard InChI is InChI=1S/C22H22N4O2S/c1-26(2)15-18-12-11-16(14-23-18)21(27)25-22(29)24-17-7-6-10-20(13-17)28-19-8-4-3-5-9-19/h3-14H,15H2,1-2H3,(H2,24,25,27,29). The first-order valence-corrected chi connectivity index (χ1v) is 9.45. The molecule has 7 heteroatoms. The van der Waals surface area contributed by atoms with Gasteiger partial charge in [-0.3, -0.25) is 15.1 Å². The zero-order valence-electron chi connectivity index (χ0n) is 16.3. The number of carbonyl (C=O) groups excluding carboxylic acids is 1. The second-order valence-corrected chi connectivity index (χ2v) is 7.04. The van der Waals surface area contributed by atoms with E-state index in [4.69, 9.17) is 17.0 Å². The number of nitrogens with one attached hydrogen (secondary N) is 2. The lowest BCUT2D eigenvalue weighted by molar-refractivity contribution is 0.0977. The number of amides is 1. The number of pyridine rings is 1. The Morgan fingerprint density at radius 3 is 2.48 bits per heavy atom. The second-order valence-electron chi connectivity index (χ2n) is 6.63. The number of para-hydroxylation sites is 1. The number of anilines is 1. The molecule has 0 aliphatic rings. The van der Waals surface area contributed by atoms with Crippen molar-refractivity contribution in [1.29, 1.82) is 0 Å². The molecule has 0 spiro atoms. The molecule has 3 aromatic rings. The first-order valence-electron chi connectivity index (χ1n) is 9.04. The largest absolute Gasteiger partial charge is 0.457 e. The number of ether oxygens (including phenoxy) is 1. The molecule has 6 nitrogen and oxygen atoms in total. The molecule has 0 saturated carbocycles. The molecule has 0 unspecified atom stereocenters. The van der Waals surface area contributed by atoms with Crippen LogP contribution in [0.15, 0.2) is 72.9 Å². The summed E-state index contributed by atoms with van der Waals surface area (Å²) in [5.41, 5.74) is 2.04. The highest BCUT2D eigenvalue weighted by Gasteiger charge is 2.09. The van der Waals surface area contributed by atoms with E-state index in [9.17, 15) is 4.79 Å². The van der Waals surface area contributed by atoms with E-state index in [1.807, 2.05) is 79.7 Å². The molecule has 0 radical (unpaired) electrons. The van der Waals surface area contributed by atoms with Crippen LogP contribution in [-0.2, 0) is 6.54 Å². The first kappa shape index (κ1) is 20.4. The Morgan fingerprint density at radius 1 is 1.03 bits per heavy atom. The molecule has 0 fully saturated rings. The molecule has 29 heavy (non-hydrogen) atoms. The third-order valence-corrected chi connectivity index (χ3v) is 4.07. The summed E-state index contributed by atoms with van der Waals surface area (Å²) in [5.74, 6) is 1.09. The van der Waals surface area contributed by atoms with Gasteiger partial charge >= 0.3 is 0 Å². The Kier molecular flexibility index (Phi) is 6.89. The van der Waals surface area contributed by atoms with Crippen LogP contribution in [0.5, 0.6) is 11.5 Å². The Balaban J connectivity index is 1.57. The number of thiocarbonyl (C=S) groups is 1. The number of aromatic nitrogens is 1. The van der Waals surface area contributed by atoms with Crippen LogP contribution in [0.25, 0.3) is 0 Å². The van der Waals surface area contributed by atoms with Crippen molar-refractivity contribution in [3.05, 3.63) is 84.2 Å². The molecule has 0 aliphatic carbocycles. The van der Waals surface area contributed by atoms with Gasteiger partial charge in [0.15, 0.2) is 5.11 Å². The Hall–Kier alpha value is -3.29. The van der Waals surface area contributed by atoms with Gasteiger partial charge in [-0.2, -0.15) is 0 Å². The summed E-state index contributed by atoms with van der Waals surface area (Å²) in [6.07, 6.45) is 1.55. The van der Waals surface area contributed by atoms with Crippen LogP contribution in [0.3, 0.4) is 0 Å². The Bertz CT molecular complexity index is 976. The van der Waals surface area contributed by atoms with Gasteiger partial charge in [0.05, 0.1) is 11.3 Å². The summed E-state index contributed by atoms with van der Waals surface area (Å²) >= 11 is 5.26. The number of rotatable bonds is 6. The second kappa shape index (κ2) is 9.77. The van der Waals surface area contributed by atoms with Gasteiger partial charge < -0.3 is 15.0 Å². The van der Waals surface area contributed by atoms with Gasteiger partial charge in [0.25, 0.3) is 5.91 Å². The fourth-order valence-corrected chi connectivity index (χ4v) is 2.79. The first-order chi connectivity index (χ1) is 14.0. The normalized spacial score (nSPS) is 10.4. The molecule has 148 valence electrons. The third-order valence-electron chi connectivity index (χ3n) is 3.86. The number of carbonyl (C=O) groups is 1. The predicted octanol–water partition coefficient (Wildman–Crippen LogP) is 4.06. The topological polar surface area (TPSA) is 66.5 Å². The van der Waals surface area contributed by atoms with Crippen LogP contribution < -0.4 is 15.4 Å². The smallest absolute Gasteiger partial charge is 0.258 e. The molecular weight excluding hydrogens is 384 g/mol. The van der Waals surface area contributed by atoms with E-state index >= 15 is 0 Å². The van der Waals surface area contributed by atoms with E-state index in [-0.39, 0.29) is 11.0 Å². The lowest BCUT2D eigenvalue weighted by atomic mass is 10.2. The molecule has 0 aliphatic heterocycles. The van der Waals surface area contributed by atoms with Gasteiger partial charge in [-0.05, 0) is 62.7 Å². The highest BCUT2D eigenvalue weighted by Crippen LogP contribution is 2.23.